The van der Waals surface area contributed by atoms with Gasteiger partial charge >= 0.3 is 0 Å². The molecule has 94 valence electrons. The first-order valence-corrected chi connectivity index (χ1v) is 5.66. The number of carbonyl (C=O) groups excluding carboxylic acids is 1. The van der Waals surface area contributed by atoms with Gasteiger partial charge in [0.25, 0.3) is 0 Å². The maximum atomic E-state index is 11.7. The zero-order chi connectivity index (χ0) is 12.8. The van der Waals surface area contributed by atoms with Crippen LogP contribution in [-0.4, -0.2) is 23.2 Å². The SMILES string of the molecule is COc1ccccc1CNC(=O)Cc1ccn[nH]1. The number of H-pyrrole nitrogens is 1. The number of benzene rings is 1. The Morgan fingerprint density at radius 2 is 2.22 bits per heavy atom. The van der Waals surface area contributed by atoms with E-state index in [1.807, 2.05) is 24.3 Å². The number of amides is 1. The third-order valence-electron chi connectivity index (χ3n) is 2.58. The van der Waals surface area contributed by atoms with Crippen LogP contribution in [0.4, 0.5) is 0 Å². The van der Waals surface area contributed by atoms with E-state index >= 15 is 0 Å². The summed E-state index contributed by atoms with van der Waals surface area (Å²) in [7, 11) is 1.62. The lowest BCUT2D eigenvalue weighted by Gasteiger charge is -2.09. The van der Waals surface area contributed by atoms with E-state index in [1.54, 1.807) is 19.4 Å². The fourth-order valence-corrected chi connectivity index (χ4v) is 1.66. The molecule has 0 aliphatic heterocycles. The third kappa shape index (κ3) is 3.10. The average Bonchev–Trinajstić information content (AvgIpc) is 2.89. The third-order valence-corrected chi connectivity index (χ3v) is 2.58. The second kappa shape index (κ2) is 5.86. The fourth-order valence-electron chi connectivity index (χ4n) is 1.66. The van der Waals surface area contributed by atoms with Crippen LogP contribution in [0.3, 0.4) is 0 Å². The molecule has 0 saturated heterocycles. The molecule has 0 aliphatic carbocycles. The molecule has 1 heterocycles. The highest BCUT2D eigenvalue weighted by molar-refractivity contribution is 5.78. The standard InChI is InChI=1S/C13H15N3O2/c1-18-12-5-3-2-4-10(12)9-14-13(17)8-11-6-7-15-16-11/h2-7H,8-9H2,1H3,(H,14,17)(H,15,16). The second-order valence-corrected chi connectivity index (χ2v) is 3.85. The van der Waals surface area contributed by atoms with Gasteiger partial charge in [-0.1, -0.05) is 18.2 Å². The molecule has 2 rings (SSSR count). The summed E-state index contributed by atoms with van der Waals surface area (Å²) in [5.41, 5.74) is 1.76. The minimum atomic E-state index is -0.0508. The van der Waals surface area contributed by atoms with Crippen LogP contribution in [0.1, 0.15) is 11.3 Å². The zero-order valence-corrected chi connectivity index (χ0v) is 10.1. The smallest absolute Gasteiger partial charge is 0.226 e. The number of aromatic amines is 1. The van der Waals surface area contributed by atoms with E-state index in [2.05, 4.69) is 15.5 Å². The van der Waals surface area contributed by atoms with E-state index in [0.717, 1.165) is 17.0 Å². The lowest BCUT2D eigenvalue weighted by atomic mass is 10.2. The molecule has 0 spiro atoms. The molecule has 0 aliphatic rings. The number of aromatic nitrogens is 2. The predicted octanol–water partition coefficient (Wildman–Crippen LogP) is 1.28. The van der Waals surface area contributed by atoms with Crippen LogP contribution in [0.5, 0.6) is 5.75 Å². The monoisotopic (exact) mass is 245 g/mol. The van der Waals surface area contributed by atoms with Gasteiger partial charge in [0.05, 0.1) is 13.5 Å². The Morgan fingerprint density at radius 3 is 2.94 bits per heavy atom. The summed E-state index contributed by atoms with van der Waals surface area (Å²) in [5, 5.41) is 9.39. The van der Waals surface area contributed by atoms with Crippen molar-refractivity contribution in [2.75, 3.05) is 7.11 Å². The molecule has 0 atom stereocenters. The summed E-state index contributed by atoms with van der Waals surface area (Å²) < 4.78 is 5.22. The van der Waals surface area contributed by atoms with Crippen molar-refractivity contribution in [2.24, 2.45) is 0 Å². The summed E-state index contributed by atoms with van der Waals surface area (Å²) >= 11 is 0. The summed E-state index contributed by atoms with van der Waals surface area (Å²) in [6, 6.07) is 9.39. The Hall–Kier alpha value is -2.30. The second-order valence-electron chi connectivity index (χ2n) is 3.85. The summed E-state index contributed by atoms with van der Waals surface area (Å²) in [5.74, 6) is 0.726. The van der Waals surface area contributed by atoms with Crippen LogP contribution < -0.4 is 10.1 Å². The zero-order valence-electron chi connectivity index (χ0n) is 10.1. The van der Waals surface area contributed by atoms with Gasteiger partial charge in [0, 0.05) is 24.0 Å². The number of methoxy groups -OCH3 is 1. The van der Waals surface area contributed by atoms with Crippen molar-refractivity contribution < 1.29 is 9.53 Å². The van der Waals surface area contributed by atoms with Crippen LogP contribution in [0.2, 0.25) is 0 Å². The molecule has 0 unspecified atom stereocenters. The van der Waals surface area contributed by atoms with E-state index in [1.165, 1.54) is 0 Å². The molecule has 1 amide bonds. The van der Waals surface area contributed by atoms with Gasteiger partial charge in [-0.25, -0.2) is 0 Å². The Bertz CT molecular complexity index is 509. The van der Waals surface area contributed by atoms with Gasteiger partial charge in [-0.05, 0) is 12.1 Å². The van der Waals surface area contributed by atoms with Gasteiger partial charge in [0.1, 0.15) is 5.75 Å². The average molecular weight is 245 g/mol. The van der Waals surface area contributed by atoms with Crippen LogP contribution in [-0.2, 0) is 17.8 Å². The molecule has 18 heavy (non-hydrogen) atoms. The molecule has 2 aromatic rings. The van der Waals surface area contributed by atoms with E-state index in [0.29, 0.717) is 13.0 Å². The summed E-state index contributed by atoms with van der Waals surface area (Å²) in [4.78, 5) is 11.7. The van der Waals surface area contributed by atoms with E-state index in [4.69, 9.17) is 4.74 Å². The van der Waals surface area contributed by atoms with E-state index in [-0.39, 0.29) is 5.91 Å². The number of para-hydroxylation sites is 1. The molecule has 5 nitrogen and oxygen atoms in total. The Balaban J connectivity index is 1.89. The van der Waals surface area contributed by atoms with Gasteiger partial charge < -0.3 is 10.1 Å². The molecule has 1 aromatic heterocycles. The largest absolute Gasteiger partial charge is 0.496 e. The van der Waals surface area contributed by atoms with E-state index in [9.17, 15) is 4.79 Å². The number of rotatable bonds is 5. The topological polar surface area (TPSA) is 67.0 Å². The first kappa shape index (κ1) is 12.2. The quantitative estimate of drug-likeness (QED) is 0.833. The van der Waals surface area contributed by atoms with Crippen molar-refractivity contribution in [2.45, 2.75) is 13.0 Å². The molecule has 1 aromatic carbocycles. The van der Waals surface area contributed by atoms with Crippen LogP contribution >= 0.6 is 0 Å². The minimum absolute atomic E-state index is 0.0508. The molecule has 5 heteroatoms. The maximum Gasteiger partial charge on any atom is 0.226 e. The van der Waals surface area contributed by atoms with Gasteiger partial charge in [0.15, 0.2) is 0 Å². The van der Waals surface area contributed by atoms with Crippen molar-refractivity contribution in [3.63, 3.8) is 0 Å². The maximum absolute atomic E-state index is 11.7. The molecule has 0 bridgehead atoms. The normalized spacial score (nSPS) is 10.1. The first-order chi connectivity index (χ1) is 8.79. The van der Waals surface area contributed by atoms with Crippen molar-refractivity contribution >= 4 is 5.91 Å². The Morgan fingerprint density at radius 1 is 1.39 bits per heavy atom. The Kier molecular flexibility index (Phi) is 3.96. The molecule has 0 saturated carbocycles. The fraction of sp³-hybridized carbons (Fsp3) is 0.231. The van der Waals surface area contributed by atoms with Gasteiger partial charge in [0.2, 0.25) is 5.91 Å². The Labute approximate surface area is 105 Å². The highest BCUT2D eigenvalue weighted by Crippen LogP contribution is 2.16. The van der Waals surface area contributed by atoms with Gasteiger partial charge in [-0.2, -0.15) is 5.10 Å². The van der Waals surface area contributed by atoms with Crippen LogP contribution in [0, 0.1) is 0 Å². The van der Waals surface area contributed by atoms with Crippen molar-refractivity contribution in [3.8, 4) is 5.75 Å². The number of hydrogen-bond donors (Lipinski definition) is 2. The summed E-state index contributed by atoms with van der Waals surface area (Å²) in [6.45, 7) is 0.455. The van der Waals surface area contributed by atoms with Crippen molar-refractivity contribution in [1.82, 2.24) is 15.5 Å². The number of ether oxygens (including phenoxy) is 1. The summed E-state index contributed by atoms with van der Waals surface area (Å²) in [6.07, 6.45) is 1.93. The van der Waals surface area contributed by atoms with Crippen LogP contribution in [0.15, 0.2) is 36.5 Å². The highest BCUT2D eigenvalue weighted by Gasteiger charge is 2.06. The lowest BCUT2D eigenvalue weighted by molar-refractivity contribution is -0.120. The molecule has 0 fully saturated rings. The van der Waals surface area contributed by atoms with Crippen molar-refractivity contribution in [3.05, 3.63) is 47.8 Å². The van der Waals surface area contributed by atoms with Gasteiger partial charge in [-0.3, -0.25) is 9.89 Å². The highest BCUT2D eigenvalue weighted by atomic mass is 16.5. The lowest BCUT2D eigenvalue weighted by Crippen LogP contribution is -2.24. The number of nitrogens with zero attached hydrogens (tertiary/aromatic N) is 1. The number of nitrogens with one attached hydrogen (secondary N) is 2. The number of carbonyl (C=O) groups is 1. The molecule has 2 N–H and O–H groups in total. The van der Waals surface area contributed by atoms with Gasteiger partial charge in [-0.15, -0.1) is 0 Å². The van der Waals surface area contributed by atoms with E-state index < -0.39 is 0 Å². The van der Waals surface area contributed by atoms with Crippen molar-refractivity contribution in [1.29, 1.82) is 0 Å². The minimum Gasteiger partial charge on any atom is -0.496 e. The first-order valence-electron chi connectivity index (χ1n) is 5.66. The predicted molar refractivity (Wildman–Crippen MR) is 67.1 cm³/mol. The molecule has 0 radical (unpaired) electrons. The van der Waals surface area contributed by atoms with Crippen LogP contribution in [0.25, 0.3) is 0 Å². The molecular weight excluding hydrogens is 230 g/mol. The molecular formula is C13H15N3O2. The number of hydrogen-bond acceptors (Lipinski definition) is 3.